The van der Waals surface area contributed by atoms with Gasteiger partial charge >= 0.3 is 0 Å². The molecule has 0 aliphatic heterocycles. The van der Waals surface area contributed by atoms with Crippen LogP contribution in [0, 0.1) is 0 Å². The van der Waals surface area contributed by atoms with E-state index in [1.807, 2.05) is 24.3 Å². The zero-order valence-corrected chi connectivity index (χ0v) is 17.5. The van der Waals surface area contributed by atoms with Crippen molar-refractivity contribution in [3.05, 3.63) is 42.1 Å². The minimum Gasteiger partial charge on any atom is -0.493 e. The number of anilines is 2. The number of methoxy groups -OCH3 is 3. The molecule has 0 unspecified atom stereocenters. The SMILES string of the molecule is CCN(CC)c1ccc(NC(=O)c2cc3c(OC)c(OC)c(OC)cc3[nH]2)cc1. The van der Waals surface area contributed by atoms with E-state index in [0.717, 1.165) is 35.4 Å². The summed E-state index contributed by atoms with van der Waals surface area (Å²) in [6, 6.07) is 11.4. The third-order valence-electron chi connectivity index (χ3n) is 4.92. The summed E-state index contributed by atoms with van der Waals surface area (Å²) in [5, 5.41) is 3.67. The molecular formula is C22H27N3O4. The van der Waals surface area contributed by atoms with Crippen LogP contribution in [-0.4, -0.2) is 45.3 Å². The van der Waals surface area contributed by atoms with Crippen molar-refractivity contribution >= 4 is 28.2 Å². The number of aromatic amines is 1. The average molecular weight is 397 g/mol. The van der Waals surface area contributed by atoms with E-state index in [1.165, 1.54) is 0 Å². The van der Waals surface area contributed by atoms with Crippen LogP contribution in [-0.2, 0) is 0 Å². The van der Waals surface area contributed by atoms with Crippen LogP contribution in [0.25, 0.3) is 10.9 Å². The van der Waals surface area contributed by atoms with Gasteiger partial charge in [0.1, 0.15) is 5.69 Å². The van der Waals surface area contributed by atoms with Crippen molar-refractivity contribution in [3.8, 4) is 17.2 Å². The molecule has 0 saturated carbocycles. The predicted molar refractivity (Wildman–Crippen MR) is 116 cm³/mol. The largest absolute Gasteiger partial charge is 0.493 e. The lowest BCUT2D eigenvalue weighted by Crippen LogP contribution is -2.21. The van der Waals surface area contributed by atoms with E-state index in [2.05, 4.69) is 29.0 Å². The minimum absolute atomic E-state index is 0.239. The standard InChI is InChI=1S/C22H27N3O4/c1-6-25(7-2)15-10-8-14(9-11-15)23-22(26)18-12-16-17(24-18)13-19(27-3)21(29-5)20(16)28-4/h8-13,24H,6-7H2,1-5H3,(H,23,26). The van der Waals surface area contributed by atoms with Gasteiger partial charge in [0.2, 0.25) is 5.75 Å². The number of ether oxygens (including phenoxy) is 3. The van der Waals surface area contributed by atoms with Gasteiger partial charge in [-0.05, 0) is 44.2 Å². The van der Waals surface area contributed by atoms with E-state index in [1.54, 1.807) is 33.5 Å². The average Bonchev–Trinajstić information content (AvgIpc) is 3.18. The first-order valence-corrected chi connectivity index (χ1v) is 9.54. The monoisotopic (exact) mass is 397 g/mol. The summed E-state index contributed by atoms with van der Waals surface area (Å²) >= 11 is 0. The highest BCUT2D eigenvalue weighted by Crippen LogP contribution is 2.43. The normalized spacial score (nSPS) is 10.7. The molecule has 2 aromatic carbocycles. The fourth-order valence-electron chi connectivity index (χ4n) is 3.42. The van der Waals surface area contributed by atoms with E-state index < -0.39 is 0 Å². The Hall–Kier alpha value is -3.35. The van der Waals surface area contributed by atoms with Gasteiger partial charge in [-0.15, -0.1) is 0 Å². The highest BCUT2D eigenvalue weighted by Gasteiger charge is 2.20. The number of nitrogens with one attached hydrogen (secondary N) is 2. The number of H-pyrrole nitrogens is 1. The molecule has 29 heavy (non-hydrogen) atoms. The molecule has 0 radical (unpaired) electrons. The molecule has 7 nitrogen and oxygen atoms in total. The molecule has 154 valence electrons. The van der Waals surface area contributed by atoms with Crippen molar-refractivity contribution in [2.24, 2.45) is 0 Å². The van der Waals surface area contributed by atoms with Crippen LogP contribution in [0.3, 0.4) is 0 Å². The molecule has 2 N–H and O–H groups in total. The Morgan fingerprint density at radius 1 is 0.966 bits per heavy atom. The van der Waals surface area contributed by atoms with Crippen molar-refractivity contribution < 1.29 is 19.0 Å². The van der Waals surface area contributed by atoms with Gasteiger partial charge in [0, 0.05) is 35.9 Å². The van der Waals surface area contributed by atoms with E-state index in [0.29, 0.717) is 22.9 Å². The van der Waals surface area contributed by atoms with Crippen LogP contribution < -0.4 is 24.4 Å². The topological polar surface area (TPSA) is 75.8 Å². The van der Waals surface area contributed by atoms with Crippen molar-refractivity contribution in [1.29, 1.82) is 0 Å². The van der Waals surface area contributed by atoms with Crippen LogP contribution in [0.2, 0.25) is 0 Å². The second-order valence-corrected chi connectivity index (χ2v) is 6.46. The second kappa shape index (κ2) is 8.77. The van der Waals surface area contributed by atoms with Crippen LogP contribution in [0.1, 0.15) is 24.3 Å². The van der Waals surface area contributed by atoms with E-state index >= 15 is 0 Å². The lowest BCUT2D eigenvalue weighted by Gasteiger charge is -2.21. The van der Waals surface area contributed by atoms with Gasteiger partial charge in [0.05, 0.1) is 26.8 Å². The summed E-state index contributed by atoms with van der Waals surface area (Å²) < 4.78 is 16.3. The van der Waals surface area contributed by atoms with Crippen molar-refractivity contribution in [1.82, 2.24) is 4.98 Å². The summed E-state index contributed by atoms with van der Waals surface area (Å²) in [5.74, 6) is 1.29. The van der Waals surface area contributed by atoms with Crippen molar-refractivity contribution in [2.45, 2.75) is 13.8 Å². The van der Waals surface area contributed by atoms with Crippen LogP contribution in [0.4, 0.5) is 11.4 Å². The highest BCUT2D eigenvalue weighted by molar-refractivity contribution is 6.07. The Morgan fingerprint density at radius 2 is 1.62 bits per heavy atom. The molecule has 0 fully saturated rings. The molecule has 3 aromatic rings. The molecule has 0 atom stereocenters. The molecule has 1 aromatic heterocycles. The van der Waals surface area contributed by atoms with Crippen LogP contribution in [0.15, 0.2) is 36.4 Å². The number of aromatic nitrogens is 1. The fraction of sp³-hybridized carbons (Fsp3) is 0.318. The Kier molecular flexibility index (Phi) is 6.16. The Bertz CT molecular complexity index is 991. The smallest absolute Gasteiger partial charge is 0.272 e. The Morgan fingerprint density at radius 3 is 2.17 bits per heavy atom. The zero-order chi connectivity index (χ0) is 21.0. The van der Waals surface area contributed by atoms with Gasteiger partial charge in [0.25, 0.3) is 5.91 Å². The molecule has 0 aliphatic carbocycles. The lowest BCUT2D eigenvalue weighted by atomic mass is 10.2. The number of carbonyl (C=O) groups is 1. The lowest BCUT2D eigenvalue weighted by molar-refractivity contribution is 0.102. The van der Waals surface area contributed by atoms with E-state index in [4.69, 9.17) is 14.2 Å². The van der Waals surface area contributed by atoms with Gasteiger partial charge < -0.3 is 29.4 Å². The molecule has 0 spiro atoms. The number of carbonyl (C=O) groups excluding carboxylic acids is 1. The summed E-state index contributed by atoms with van der Waals surface area (Å²) in [5.41, 5.74) is 3.00. The predicted octanol–water partition coefficient (Wildman–Crippen LogP) is 4.29. The maximum Gasteiger partial charge on any atom is 0.272 e. The summed E-state index contributed by atoms with van der Waals surface area (Å²) in [4.78, 5) is 18.1. The van der Waals surface area contributed by atoms with Crippen LogP contribution >= 0.6 is 0 Å². The number of amides is 1. The maximum absolute atomic E-state index is 12.8. The van der Waals surface area contributed by atoms with Gasteiger partial charge in [-0.1, -0.05) is 0 Å². The van der Waals surface area contributed by atoms with Crippen molar-refractivity contribution in [2.75, 3.05) is 44.6 Å². The molecule has 0 saturated heterocycles. The number of hydrogen-bond donors (Lipinski definition) is 2. The first-order chi connectivity index (χ1) is 14.1. The highest BCUT2D eigenvalue weighted by atomic mass is 16.5. The Balaban J connectivity index is 1.88. The molecule has 0 aliphatic rings. The fourth-order valence-corrected chi connectivity index (χ4v) is 3.42. The third-order valence-corrected chi connectivity index (χ3v) is 4.92. The summed E-state index contributed by atoms with van der Waals surface area (Å²) in [7, 11) is 4.66. The molecule has 3 rings (SSSR count). The minimum atomic E-state index is -0.239. The number of rotatable bonds is 8. The quantitative estimate of drug-likeness (QED) is 0.593. The molecule has 1 heterocycles. The van der Waals surface area contributed by atoms with Gasteiger partial charge in [-0.2, -0.15) is 0 Å². The van der Waals surface area contributed by atoms with E-state index in [-0.39, 0.29) is 5.91 Å². The number of nitrogens with zero attached hydrogens (tertiary/aromatic N) is 1. The zero-order valence-electron chi connectivity index (χ0n) is 17.5. The maximum atomic E-state index is 12.8. The van der Waals surface area contributed by atoms with Crippen LogP contribution in [0.5, 0.6) is 17.2 Å². The number of hydrogen-bond acceptors (Lipinski definition) is 5. The second-order valence-electron chi connectivity index (χ2n) is 6.46. The first-order valence-electron chi connectivity index (χ1n) is 9.54. The molecule has 0 bridgehead atoms. The summed E-state index contributed by atoms with van der Waals surface area (Å²) in [6.07, 6.45) is 0. The molecule has 7 heteroatoms. The van der Waals surface area contributed by atoms with E-state index in [9.17, 15) is 4.79 Å². The first kappa shape index (κ1) is 20.4. The third kappa shape index (κ3) is 3.94. The van der Waals surface area contributed by atoms with Gasteiger partial charge in [-0.3, -0.25) is 4.79 Å². The Labute approximate surface area is 170 Å². The molecular weight excluding hydrogens is 370 g/mol. The van der Waals surface area contributed by atoms with Gasteiger partial charge in [0.15, 0.2) is 11.5 Å². The summed E-state index contributed by atoms with van der Waals surface area (Å²) in [6.45, 7) is 6.11. The molecule has 1 amide bonds. The van der Waals surface area contributed by atoms with Crippen molar-refractivity contribution in [3.63, 3.8) is 0 Å². The number of benzene rings is 2. The van der Waals surface area contributed by atoms with Gasteiger partial charge in [-0.25, -0.2) is 0 Å². The number of fused-ring (bicyclic) bond motifs is 1.